The first-order valence-electron chi connectivity index (χ1n) is 18.1. The van der Waals surface area contributed by atoms with Gasteiger partial charge in [-0.05, 0) is 118 Å². The molecule has 5 aliphatic carbocycles. The molecular formula is C39H56O8. The van der Waals surface area contributed by atoms with Crippen LogP contribution in [0.1, 0.15) is 110 Å². The number of fused-ring (bicyclic) bond motifs is 3. The van der Waals surface area contributed by atoms with Crippen molar-refractivity contribution >= 4 is 11.9 Å². The average Bonchev–Trinajstić information content (AvgIpc) is 3.33. The molecule has 6 aliphatic rings. The quantitative estimate of drug-likeness (QED) is 0.330. The van der Waals surface area contributed by atoms with Crippen LogP contribution in [0.3, 0.4) is 0 Å². The second kappa shape index (κ2) is 11.3. The minimum atomic E-state index is -1.26. The second-order valence-electron chi connectivity index (χ2n) is 17.6. The van der Waals surface area contributed by atoms with Gasteiger partial charge < -0.3 is 29.2 Å². The van der Waals surface area contributed by atoms with Crippen LogP contribution < -0.4 is 0 Å². The second-order valence-corrected chi connectivity index (χ2v) is 17.6. The number of aliphatic hydroxyl groups is 2. The van der Waals surface area contributed by atoms with Gasteiger partial charge >= 0.3 is 11.9 Å². The van der Waals surface area contributed by atoms with Crippen LogP contribution in [0, 0.1) is 51.2 Å². The van der Waals surface area contributed by atoms with Crippen LogP contribution in [0.25, 0.3) is 0 Å². The summed E-state index contributed by atoms with van der Waals surface area (Å²) in [5, 5.41) is 21.5. The maximum Gasteiger partial charge on any atom is 0.338 e. The minimum Gasteiger partial charge on any atom is -0.462 e. The van der Waals surface area contributed by atoms with E-state index in [1.807, 2.05) is 30.3 Å². The lowest BCUT2D eigenvalue weighted by Crippen LogP contribution is -2.63. The van der Waals surface area contributed by atoms with E-state index in [4.69, 9.17) is 18.9 Å². The van der Waals surface area contributed by atoms with E-state index in [0.29, 0.717) is 29.7 Å². The van der Waals surface area contributed by atoms with Crippen LogP contribution in [0.15, 0.2) is 30.3 Å². The molecule has 6 fully saturated rings. The number of esters is 2. The van der Waals surface area contributed by atoms with Crippen molar-refractivity contribution in [1.29, 1.82) is 0 Å². The standard InChI is InChI=1S/C39H56O8/c1-22(40)45-27-20-29-35(2,3)30(47-33(42)23-11-9-8-10-12-23)15-16-37(29,6)26-14-17-38-21-39(38,31(26)27)18-13-25(38)24-19-28(46-34(24)44-7)32(41)36(4,5)43/h8-12,24-32,34,41,43H,13-21H2,1-7H3/t24-,25-,26-,27+,28+,29-,30+,31-,32-,34+,37+,38+,39-/m0/s1. The highest BCUT2D eigenvalue weighted by Gasteiger charge is 2.82. The molecule has 0 radical (unpaired) electrons. The van der Waals surface area contributed by atoms with Gasteiger partial charge in [-0.25, -0.2) is 4.79 Å². The molecule has 1 saturated heterocycles. The zero-order chi connectivity index (χ0) is 33.7. The van der Waals surface area contributed by atoms with E-state index in [2.05, 4.69) is 20.8 Å². The lowest BCUT2D eigenvalue weighted by atomic mass is 9.41. The number of aliphatic hydroxyl groups excluding tert-OH is 1. The lowest BCUT2D eigenvalue weighted by molar-refractivity contribution is -0.215. The van der Waals surface area contributed by atoms with E-state index in [9.17, 15) is 19.8 Å². The third kappa shape index (κ3) is 4.97. The summed E-state index contributed by atoms with van der Waals surface area (Å²) in [7, 11) is 1.69. The van der Waals surface area contributed by atoms with Crippen LogP contribution in [0.5, 0.6) is 0 Å². The summed E-state index contributed by atoms with van der Waals surface area (Å²) >= 11 is 0. The van der Waals surface area contributed by atoms with E-state index in [0.717, 1.165) is 51.4 Å². The highest BCUT2D eigenvalue weighted by atomic mass is 16.7. The van der Waals surface area contributed by atoms with Gasteiger partial charge in [0, 0.05) is 31.3 Å². The largest absolute Gasteiger partial charge is 0.462 e. The third-order valence-electron chi connectivity index (χ3n) is 14.8. The van der Waals surface area contributed by atoms with Crippen LogP contribution in [0.4, 0.5) is 0 Å². The van der Waals surface area contributed by atoms with Gasteiger partial charge in [0.2, 0.25) is 0 Å². The van der Waals surface area contributed by atoms with Gasteiger partial charge in [-0.15, -0.1) is 0 Å². The van der Waals surface area contributed by atoms with E-state index < -0.39 is 24.1 Å². The van der Waals surface area contributed by atoms with Crippen molar-refractivity contribution < 1.29 is 38.7 Å². The zero-order valence-corrected chi connectivity index (χ0v) is 29.4. The van der Waals surface area contributed by atoms with Crippen molar-refractivity contribution in [2.24, 2.45) is 51.2 Å². The molecule has 0 amide bonds. The first-order valence-corrected chi connectivity index (χ1v) is 18.1. The maximum atomic E-state index is 13.2. The van der Waals surface area contributed by atoms with E-state index in [1.54, 1.807) is 27.9 Å². The summed E-state index contributed by atoms with van der Waals surface area (Å²) in [5.74, 6) is 1.04. The zero-order valence-electron chi connectivity index (χ0n) is 29.4. The number of ether oxygens (including phenoxy) is 4. The molecule has 1 aromatic carbocycles. The number of benzene rings is 1. The SMILES string of the molecule is CO[C@@H]1O[C@@H]([C@H](O)C(C)(C)O)C[C@H]1[C@@H]1CC[C@@]23C[C@]12CC[C@H]1[C@H]3[C@H](OC(C)=O)C[C@H]2C(C)(C)[C@H](OC(=O)c3ccccc3)CC[C@]12C. The first kappa shape index (κ1) is 33.5. The molecule has 1 aromatic rings. The van der Waals surface area contributed by atoms with Gasteiger partial charge in [0.25, 0.3) is 0 Å². The summed E-state index contributed by atoms with van der Waals surface area (Å²) in [6.45, 7) is 11.8. The molecule has 2 N–H and O–H groups in total. The molecule has 7 rings (SSSR count). The highest BCUT2D eigenvalue weighted by Crippen LogP contribution is 2.87. The Hall–Kier alpha value is -2.00. The molecule has 260 valence electrons. The van der Waals surface area contributed by atoms with E-state index >= 15 is 0 Å². The number of hydrogen-bond acceptors (Lipinski definition) is 8. The molecule has 0 unspecified atom stereocenters. The van der Waals surface area contributed by atoms with Crippen molar-refractivity contribution in [1.82, 2.24) is 0 Å². The molecule has 0 bridgehead atoms. The van der Waals surface area contributed by atoms with E-state index in [1.165, 1.54) is 0 Å². The summed E-state index contributed by atoms with van der Waals surface area (Å²) in [6.07, 6.45) is 6.64. The van der Waals surface area contributed by atoms with Gasteiger partial charge in [0.1, 0.15) is 18.3 Å². The molecule has 5 saturated carbocycles. The Bertz CT molecular complexity index is 1370. The normalized spacial score (nSPS) is 45.5. The van der Waals surface area contributed by atoms with Gasteiger partial charge in [-0.2, -0.15) is 0 Å². The van der Waals surface area contributed by atoms with E-state index in [-0.39, 0.29) is 57.6 Å². The van der Waals surface area contributed by atoms with Gasteiger partial charge in [0.15, 0.2) is 6.29 Å². The molecular weight excluding hydrogens is 596 g/mol. The molecule has 0 aromatic heterocycles. The summed E-state index contributed by atoms with van der Waals surface area (Å²) in [6, 6.07) is 9.26. The minimum absolute atomic E-state index is 0.0511. The van der Waals surface area contributed by atoms with Crippen molar-refractivity contribution in [3.8, 4) is 0 Å². The first-order chi connectivity index (χ1) is 22.1. The van der Waals surface area contributed by atoms with Crippen molar-refractivity contribution in [3.05, 3.63) is 35.9 Å². The van der Waals surface area contributed by atoms with Gasteiger partial charge in [-0.3, -0.25) is 4.79 Å². The van der Waals surface area contributed by atoms with Gasteiger partial charge in [-0.1, -0.05) is 39.0 Å². The lowest BCUT2D eigenvalue weighted by Gasteiger charge is -2.65. The molecule has 8 heteroatoms. The maximum absolute atomic E-state index is 13.2. The Morgan fingerprint density at radius 2 is 1.64 bits per heavy atom. The van der Waals surface area contributed by atoms with Gasteiger partial charge in [0.05, 0.1) is 17.3 Å². The topological polar surface area (TPSA) is 112 Å². The van der Waals surface area contributed by atoms with Crippen LogP contribution in [0.2, 0.25) is 0 Å². The van der Waals surface area contributed by atoms with Crippen LogP contribution in [-0.2, 0) is 23.7 Å². The number of carbonyl (C=O) groups is 2. The third-order valence-corrected chi connectivity index (χ3v) is 14.8. The van der Waals surface area contributed by atoms with Crippen LogP contribution in [-0.4, -0.2) is 65.6 Å². The number of rotatable bonds is 7. The van der Waals surface area contributed by atoms with Crippen LogP contribution >= 0.6 is 0 Å². The fourth-order valence-electron chi connectivity index (χ4n) is 12.9. The average molecular weight is 653 g/mol. The molecule has 1 heterocycles. The molecule has 0 spiro atoms. The van der Waals surface area contributed by atoms with Crippen molar-refractivity contribution in [2.45, 2.75) is 136 Å². The monoisotopic (exact) mass is 652 g/mol. The molecule has 47 heavy (non-hydrogen) atoms. The summed E-state index contributed by atoms with van der Waals surface area (Å²) in [5.41, 5.74) is -0.624. The predicted octanol–water partition coefficient (Wildman–Crippen LogP) is 6.31. The number of hydrogen-bond donors (Lipinski definition) is 2. The molecule has 13 atom stereocenters. The number of methoxy groups -OCH3 is 1. The van der Waals surface area contributed by atoms with Crippen molar-refractivity contribution in [3.63, 3.8) is 0 Å². The Morgan fingerprint density at radius 1 is 0.957 bits per heavy atom. The Balaban J connectivity index is 1.16. The Labute approximate surface area is 280 Å². The Kier molecular flexibility index (Phi) is 8.02. The molecule has 8 nitrogen and oxygen atoms in total. The Morgan fingerprint density at radius 3 is 2.30 bits per heavy atom. The number of carbonyl (C=O) groups excluding carboxylic acids is 2. The predicted molar refractivity (Wildman–Crippen MR) is 175 cm³/mol. The fraction of sp³-hybridized carbons (Fsp3) is 0.795. The summed E-state index contributed by atoms with van der Waals surface area (Å²) < 4.78 is 24.8. The highest BCUT2D eigenvalue weighted by molar-refractivity contribution is 5.89. The summed E-state index contributed by atoms with van der Waals surface area (Å²) in [4.78, 5) is 25.9. The smallest absolute Gasteiger partial charge is 0.338 e. The fourth-order valence-corrected chi connectivity index (χ4v) is 12.9. The van der Waals surface area contributed by atoms with Crippen molar-refractivity contribution in [2.75, 3.05) is 7.11 Å². The molecule has 1 aliphatic heterocycles.